The standard InChI is InChI=1S/C19H22O7/c1-11-5-3-7-14(20)18(23)15(21)8-4-6-12-9-13(25-2)10-16(22)17(12)19(24)26-11/h3-4,6-7,9-11,15,18,21-23H,5,8H2,1-2H3/b6-4+,7-3+/t11-,15-,18-/m0/s1. The van der Waals surface area contributed by atoms with Crippen LogP contribution in [0.2, 0.25) is 0 Å². The lowest BCUT2D eigenvalue weighted by Crippen LogP contribution is -2.32. The second-order valence-electron chi connectivity index (χ2n) is 6.02. The number of aliphatic hydroxyl groups excluding tert-OH is 2. The number of aromatic hydroxyl groups is 1. The average Bonchev–Trinajstić information content (AvgIpc) is 2.59. The number of aliphatic hydroxyl groups is 2. The number of fused-ring (bicyclic) bond motifs is 1. The first-order valence-corrected chi connectivity index (χ1v) is 8.18. The van der Waals surface area contributed by atoms with Crippen molar-refractivity contribution >= 4 is 17.8 Å². The second kappa shape index (κ2) is 8.64. The number of phenolic OH excluding ortho intramolecular Hbond substituents is 1. The molecule has 1 aromatic rings. The molecule has 0 fully saturated rings. The summed E-state index contributed by atoms with van der Waals surface area (Å²) in [6.45, 7) is 1.64. The van der Waals surface area contributed by atoms with E-state index >= 15 is 0 Å². The topological polar surface area (TPSA) is 113 Å². The minimum absolute atomic E-state index is 0.0242. The first-order chi connectivity index (χ1) is 12.3. The van der Waals surface area contributed by atoms with Gasteiger partial charge in [-0.15, -0.1) is 0 Å². The van der Waals surface area contributed by atoms with Crippen LogP contribution in [0, 0.1) is 0 Å². The van der Waals surface area contributed by atoms with Gasteiger partial charge in [0.25, 0.3) is 0 Å². The van der Waals surface area contributed by atoms with Crippen LogP contribution in [0.5, 0.6) is 11.5 Å². The zero-order valence-corrected chi connectivity index (χ0v) is 14.6. The van der Waals surface area contributed by atoms with E-state index in [4.69, 9.17) is 9.47 Å². The fourth-order valence-electron chi connectivity index (χ4n) is 2.51. The molecule has 0 amide bonds. The quantitative estimate of drug-likeness (QED) is 0.650. The highest BCUT2D eigenvalue weighted by Gasteiger charge is 2.23. The highest BCUT2D eigenvalue weighted by Crippen LogP contribution is 2.30. The molecule has 1 aliphatic rings. The Morgan fingerprint density at radius 1 is 1.12 bits per heavy atom. The number of carbonyl (C=O) groups excluding carboxylic acids is 2. The number of benzene rings is 1. The molecule has 1 heterocycles. The average molecular weight is 362 g/mol. The van der Waals surface area contributed by atoms with E-state index in [0.717, 1.165) is 6.08 Å². The van der Waals surface area contributed by atoms with Gasteiger partial charge in [-0.25, -0.2) is 4.79 Å². The Kier molecular flexibility index (Phi) is 6.54. The van der Waals surface area contributed by atoms with Gasteiger partial charge in [-0.2, -0.15) is 0 Å². The molecule has 1 aromatic carbocycles. The van der Waals surface area contributed by atoms with Crippen LogP contribution in [0.1, 0.15) is 35.7 Å². The molecule has 0 radical (unpaired) electrons. The summed E-state index contributed by atoms with van der Waals surface area (Å²) in [5.74, 6) is -1.29. The number of methoxy groups -OCH3 is 1. The number of carbonyl (C=O) groups is 2. The highest BCUT2D eigenvalue weighted by molar-refractivity contribution is 5.97. The lowest BCUT2D eigenvalue weighted by molar-refractivity contribution is -0.127. The van der Waals surface area contributed by atoms with Crippen LogP contribution in [-0.2, 0) is 9.53 Å². The molecule has 2 rings (SSSR count). The van der Waals surface area contributed by atoms with E-state index in [-0.39, 0.29) is 24.2 Å². The molecule has 7 nitrogen and oxygen atoms in total. The Labute approximate surface area is 151 Å². The predicted octanol–water partition coefficient (Wildman–Crippen LogP) is 1.60. The van der Waals surface area contributed by atoms with Gasteiger partial charge in [-0.1, -0.05) is 18.2 Å². The third kappa shape index (κ3) is 4.71. The SMILES string of the molecule is COc1cc(O)c2c(c1)/C=C/C[C@H](O)[C@@H](O)C(=O)/C=C/C[C@H](C)OC2=O. The molecule has 0 spiro atoms. The predicted molar refractivity (Wildman–Crippen MR) is 94.0 cm³/mol. The molecular weight excluding hydrogens is 340 g/mol. The van der Waals surface area contributed by atoms with Crippen LogP contribution in [-0.4, -0.2) is 52.5 Å². The maximum Gasteiger partial charge on any atom is 0.342 e. The third-order valence-corrected chi connectivity index (χ3v) is 3.95. The van der Waals surface area contributed by atoms with Gasteiger partial charge in [0.1, 0.15) is 29.3 Å². The monoisotopic (exact) mass is 362 g/mol. The number of esters is 1. The maximum absolute atomic E-state index is 12.4. The Bertz CT molecular complexity index is 736. The Morgan fingerprint density at radius 3 is 2.50 bits per heavy atom. The molecule has 0 saturated carbocycles. The van der Waals surface area contributed by atoms with Crippen molar-refractivity contribution < 1.29 is 34.4 Å². The molecular formula is C19H22O7. The van der Waals surface area contributed by atoms with Gasteiger partial charge in [-0.3, -0.25) is 4.79 Å². The Morgan fingerprint density at radius 2 is 1.81 bits per heavy atom. The van der Waals surface area contributed by atoms with Gasteiger partial charge >= 0.3 is 5.97 Å². The van der Waals surface area contributed by atoms with E-state index in [1.165, 1.54) is 37.5 Å². The van der Waals surface area contributed by atoms with Gasteiger partial charge in [0, 0.05) is 12.5 Å². The molecule has 0 aromatic heterocycles. The zero-order chi connectivity index (χ0) is 19.3. The van der Waals surface area contributed by atoms with Crippen LogP contribution in [0.15, 0.2) is 30.4 Å². The molecule has 3 atom stereocenters. The summed E-state index contributed by atoms with van der Waals surface area (Å²) < 4.78 is 10.4. The van der Waals surface area contributed by atoms with Crippen molar-refractivity contribution in [3.63, 3.8) is 0 Å². The van der Waals surface area contributed by atoms with Gasteiger partial charge in [0.05, 0.1) is 13.2 Å². The molecule has 1 aliphatic heterocycles. The second-order valence-corrected chi connectivity index (χ2v) is 6.02. The summed E-state index contributed by atoms with van der Waals surface area (Å²) in [4.78, 5) is 24.3. The number of hydrogen-bond acceptors (Lipinski definition) is 7. The van der Waals surface area contributed by atoms with E-state index in [2.05, 4.69) is 0 Å². The van der Waals surface area contributed by atoms with Crippen LogP contribution in [0.25, 0.3) is 6.08 Å². The largest absolute Gasteiger partial charge is 0.507 e. The first kappa shape index (κ1) is 19.7. The van der Waals surface area contributed by atoms with E-state index in [9.17, 15) is 24.9 Å². The van der Waals surface area contributed by atoms with E-state index in [0.29, 0.717) is 11.3 Å². The third-order valence-electron chi connectivity index (χ3n) is 3.95. The first-order valence-electron chi connectivity index (χ1n) is 8.18. The van der Waals surface area contributed by atoms with Crippen LogP contribution in [0.4, 0.5) is 0 Å². The minimum atomic E-state index is -1.55. The van der Waals surface area contributed by atoms with Crippen LogP contribution >= 0.6 is 0 Å². The van der Waals surface area contributed by atoms with Crippen LogP contribution in [0.3, 0.4) is 0 Å². The van der Waals surface area contributed by atoms with Gasteiger partial charge < -0.3 is 24.8 Å². The van der Waals surface area contributed by atoms with E-state index < -0.39 is 30.1 Å². The van der Waals surface area contributed by atoms with Gasteiger partial charge in [-0.05, 0) is 31.1 Å². The summed E-state index contributed by atoms with van der Waals surface area (Å²) in [7, 11) is 1.42. The molecule has 0 bridgehead atoms. The van der Waals surface area contributed by atoms with Crippen molar-refractivity contribution in [1.29, 1.82) is 0 Å². The molecule has 0 saturated heterocycles. The molecule has 0 unspecified atom stereocenters. The summed E-state index contributed by atoms with van der Waals surface area (Å²) in [5, 5.41) is 30.0. The molecule has 0 aliphatic carbocycles. The number of rotatable bonds is 1. The number of ketones is 1. The Balaban J connectivity index is 2.45. The maximum atomic E-state index is 12.4. The van der Waals surface area contributed by atoms with Crippen molar-refractivity contribution in [3.05, 3.63) is 41.5 Å². The zero-order valence-electron chi connectivity index (χ0n) is 14.6. The van der Waals surface area contributed by atoms with E-state index in [1.807, 2.05) is 0 Å². The lowest BCUT2D eigenvalue weighted by Gasteiger charge is -2.16. The molecule has 3 N–H and O–H groups in total. The molecule has 26 heavy (non-hydrogen) atoms. The number of ether oxygens (including phenoxy) is 2. The normalized spacial score (nSPS) is 27.0. The van der Waals surface area contributed by atoms with E-state index in [1.54, 1.807) is 6.92 Å². The summed E-state index contributed by atoms with van der Waals surface area (Å²) in [5.41, 5.74) is 0.306. The fraction of sp³-hybridized carbons (Fsp3) is 0.368. The van der Waals surface area contributed by atoms with Crippen molar-refractivity contribution in [3.8, 4) is 11.5 Å². The lowest BCUT2D eigenvalue weighted by atomic mass is 10.0. The highest BCUT2D eigenvalue weighted by atomic mass is 16.5. The van der Waals surface area contributed by atoms with Gasteiger partial charge in [0.15, 0.2) is 5.78 Å². The summed E-state index contributed by atoms with van der Waals surface area (Å²) in [6.07, 6.45) is 2.42. The minimum Gasteiger partial charge on any atom is -0.507 e. The smallest absolute Gasteiger partial charge is 0.342 e. The van der Waals surface area contributed by atoms with Crippen LogP contribution < -0.4 is 4.74 Å². The van der Waals surface area contributed by atoms with Crippen molar-refractivity contribution in [2.24, 2.45) is 0 Å². The summed E-state index contributed by atoms with van der Waals surface area (Å²) in [6, 6.07) is 2.84. The number of phenols is 1. The number of cyclic esters (lactones) is 1. The van der Waals surface area contributed by atoms with Crippen molar-refractivity contribution in [1.82, 2.24) is 0 Å². The summed E-state index contributed by atoms with van der Waals surface area (Å²) >= 11 is 0. The van der Waals surface area contributed by atoms with Crippen molar-refractivity contribution in [2.75, 3.05) is 7.11 Å². The Hall–Kier alpha value is -2.64. The van der Waals surface area contributed by atoms with Gasteiger partial charge in [0.2, 0.25) is 0 Å². The fourth-order valence-corrected chi connectivity index (χ4v) is 2.51. The number of hydrogen-bond donors (Lipinski definition) is 3. The molecule has 140 valence electrons. The molecule has 7 heteroatoms. The van der Waals surface area contributed by atoms with Crippen molar-refractivity contribution in [2.45, 2.75) is 38.1 Å².